The summed E-state index contributed by atoms with van der Waals surface area (Å²) in [6.07, 6.45) is 0.984. The average molecular weight is 260 g/mol. The number of fused-ring (bicyclic) bond motifs is 2. The van der Waals surface area contributed by atoms with E-state index in [1.54, 1.807) is 0 Å². The molecule has 2 saturated heterocycles. The monoisotopic (exact) mass is 260 g/mol. The van der Waals surface area contributed by atoms with Gasteiger partial charge in [0.05, 0.1) is 13.0 Å². The van der Waals surface area contributed by atoms with Crippen LogP contribution < -0.4 is 0 Å². The van der Waals surface area contributed by atoms with Crippen molar-refractivity contribution >= 4 is 11.8 Å². The lowest BCUT2D eigenvalue weighted by Gasteiger charge is -2.36. The van der Waals surface area contributed by atoms with Crippen LogP contribution in [0.25, 0.3) is 0 Å². The van der Waals surface area contributed by atoms with E-state index >= 15 is 0 Å². The van der Waals surface area contributed by atoms with E-state index < -0.39 is 17.6 Å². The van der Waals surface area contributed by atoms with Crippen molar-refractivity contribution in [2.75, 3.05) is 7.11 Å². The Bertz CT molecular complexity index is 510. The minimum absolute atomic E-state index is 0.0953. The SMILES string of the molecule is COC(=O)[C@@H]1C[C@H]2O[C@@]1(c1ccccc1)CCC2=O. The molecular weight excluding hydrogens is 244 g/mol. The molecule has 4 nitrogen and oxygen atoms in total. The largest absolute Gasteiger partial charge is 0.469 e. The minimum Gasteiger partial charge on any atom is -0.469 e. The number of Topliss-reactive ketones (excluding diaryl/α,β-unsaturated/α-hetero) is 1. The molecule has 0 N–H and O–H groups in total. The molecule has 2 aliphatic rings. The van der Waals surface area contributed by atoms with Gasteiger partial charge >= 0.3 is 5.97 Å². The summed E-state index contributed by atoms with van der Waals surface area (Å²) in [7, 11) is 1.38. The Labute approximate surface area is 111 Å². The van der Waals surface area contributed by atoms with Crippen molar-refractivity contribution in [2.45, 2.75) is 31.0 Å². The summed E-state index contributed by atoms with van der Waals surface area (Å²) < 4.78 is 10.9. The number of carbonyl (C=O) groups is 2. The highest BCUT2D eigenvalue weighted by Crippen LogP contribution is 2.51. The summed E-state index contributed by atoms with van der Waals surface area (Å²) in [5.41, 5.74) is 0.271. The predicted octanol–water partition coefficient (Wildman–Crippen LogP) is 1.82. The molecule has 19 heavy (non-hydrogen) atoms. The van der Waals surface area contributed by atoms with Crippen LogP contribution in [0.4, 0.5) is 0 Å². The minimum atomic E-state index is -0.688. The fourth-order valence-electron chi connectivity index (χ4n) is 3.25. The number of esters is 1. The molecule has 0 saturated carbocycles. The van der Waals surface area contributed by atoms with Crippen LogP contribution in [0.1, 0.15) is 24.8 Å². The van der Waals surface area contributed by atoms with Crippen LogP contribution in [-0.2, 0) is 24.7 Å². The number of rotatable bonds is 2. The molecule has 2 heterocycles. The normalized spacial score (nSPS) is 33.2. The quantitative estimate of drug-likeness (QED) is 0.761. The number of benzene rings is 1. The van der Waals surface area contributed by atoms with Gasteiger partial charge in [0.1, 0.15) is 11.7 Å². The Balaban J connectivity index is 2.05. The first-order valence-corrected chi connectivity index (χ1v) is 6.51. The van der Waals surface area contributed by atoms with Crippen LogP contribution in [-0.4, -0.2) is 25.0 Å². The van der Waals surface area contributed by atoms with Crippen molar-refractivity contribution in [3.63, 3.8) is 0 Å². The maximum atomic E-state index is 12.0. The van der Waals surface area contributed by atoms with Gasteiger partial charge in [-0.05, 0) is 18.4 Å². The highest BCUT2D eigenvalue weighted by Gasteiger charge is 2.57. The van der Waals surface area contributed by atoms with Crippen LogP contribution in [0.5, 0.6) is 0 Å². The first kappa shape index (κ1) is 12.4. The van der Waals surface area contributed by atoms with Gasteiger partial charge in [-0.1, -0.05) is 30.3 Å². The Hall–Kier alpha value is -1.68. The zero-order chi connectivity index (χ0) is 13.5. The Kier molecular flexibility index (Phi) is 2.90. The highest BCUT2D eigenvalue weighted by atomic mass is 16.5. The number of hydrogen-bond acceptors (Lipinski definition) is 4. The molecule has 0 unspecified atom stereocenters. The van der Waals surface area contributed by atoms with Gasteiger partial charge in [0.2, 0.25) is 0 Å². The van der Waals surface area contributed by atoms with E-state index in [1.165, 1.54) is 7.11 Å². The van der Waals surface area contributed by atoms with Gasteiger partial charge in [0, 0.05) is 6.42 Å². The highest BCUT2D eigenvalue weighted by molar-refractivity contribution is 5.87. The fraction of sp³-hybridized carbons (Fsp3) is 0.467. The Morgan fingerprint density at radius 2 is 2.11 bits per heavy atom. The molecule has 2 bridgehead atoms. The molecule has 2 aliphatic heterocycles. The summed E-state index contributed by atoms with van der Waals surface area (Å²) in [6.45, 7) is 0. The lowest BCUT2D eigenvalue weighted by atomic mass is 9.79. The molecule has 3 rings (SSSR count). The van der Waals surface area contributed by atoms with Gasteiger partial charge in [0.25, 0.3) is 0 Å². The second-order valence-electron chi connectivity index (χ2n) is 5.14. The molecule has 0 spiro atoms. The number of ketones is 1. The fourth-order valence-corrected chi connectivity index (χ4v) is 3.25. The van der Waals surface area contributed by atoms with E-state index in [4.69, 9.17) is 9.47 Å². The van der Waals surface area contributed by atoms with E-state index in [9.17, 15) is 9.59 Å². The average Bonchev–Trinajstić information content (AvgIpc) is 2.80. The molecule has 1 aromatic carbocycles. The number of hydrogen-bond donors (Lipinski definition) is 0. The number of ether oxygens (including phenoxy) is 2. The van der Waals surface area contributed by atoms with E-state index in [1.807, 2.05) is 30.3 Å². The first-order chi connectivity index (χ1) is 9.17. The van der Waals surface area contributed by atoms with Gasteiger partial charge in [-0.3, -0.25) is 9.59 Å². The van der Waals surface area contributed by atoms with Crippen LogP contribution in [0.15, 0.2) is 30.3 Å². The van der Waals surface area contributed by atoms with Crippen molar-refractivity contribution < 1.29 is 19.1 Å². The third-order valence-corrected chi connectivity index (χ3v) is 4.22. The maximum absolute atomic E-state index is 12.0. The van der Waals surface area contributed by atoms with Gasteiger partial charge in [-0.25, -0.2) is 0 Å². The number of methoxy groups -OCH3 is 1. The third kappa shape index (κ3) is 1.78. The van der Waals surface area contributed by atoms with Crippen molar-refractivity contribution in [1.29, 1.82) is 0 Å². The molecular formula is C15H16O4. The summed E-state index contributed by atoms with van der Waals surface area (Å²) in [5, 5.41) is 0. The van der Waals surface area contributed by atoms with Crippen molar-refractivity contribution in [1.82, 2.24) is 0 Å². The summed E-state index contributed by atoms with van der Waals surface area (Å²) in [5.74, 6) is -0.588. The van der Waals surface area contributed by atoms with Crippen molar-refractivity contribution in [3.8, 4) is 0 Å². The van der Waals surface area contributed by atoms with Crippen molar-refractivity contribution in [2.24, 2.45) is 5.92 Å². The van der Waals surface area contributed by atoms with Crippen LogP contribution in [0.3, 0.4) is 0 Å². The van der Waals surface area contributed by atoms with Gasteiger partial charge in [-0.15, -0.1) is 0 Å². The Morgan fingerprint density at radius 3 is 2.79 bits per heavy atom. The van der Waals surface area contributed by atoms with E-state index in [0.29, 0.717) is 19.3 Å². The molecule has 1 aromatic rings. The topological polar surface area (TPSA) is 52.6 Å². The van der Waals surface area contributed by atoms with Gasteiger partial charge < -0.3 is 9.47 Å². The van der Waals surface area contributed by atoms with Crippen molar-refractivity contribution in [3.05, 3.63) is 35.9 Å². The van der Waals surface area contributed by atoms with E-state index in [0.717, 1.165) is 5.56 Å². The molecule has 0 aliphatic carbocycles. The molecule has 2 fully saturated rings. The zero-order valence-electron chi connectivity index (χ0n) is 10.8. The molecule has 100 valence electrons. The van der Waals surface area contributed by atoms with Gasteiger partial charge in [-0.2, -0.15) is 0 Å². The zero-order valence-corrected chi connectivity index (χ0v) is 10.8. The molecule has 3 atom stereocenters. The smallest absolute Gasteiger partial charge is 0.312 e. The van der Waals surface area contributed by atoms with Gasteiger partial charge in [0.15, 0.2) is 5.78 Å². The predicted molar refractivity (Wildman–Crippen MR) is 67.4 cm³/mol. The summed E-state index contributed by atoms with van der Waals surface area (Å²) in [4.78, 5) is 23.8. The third-order valence-electron chi connectivity index (χ3n) is 4.22. The molecule has 4 heteroatoms. The van der Waals surface area contributed by atoms with Crippen LogP contribution in [0.2, 0.25) is 0 Å². The molecule has 0 radical (unpaired) electrons. The first-order valence-electron chi connectivity index (χ1n) is 6.51. The lowest BCUT2D eigenvalue weighted by Crippen LogP contribution is -2.41. The van der Waals surface area contributed by atoms with Crippen LogP contribution in [0, 0.1) is 5.92 Å². The summed E-state index contributed by atoms with van der Waals surface area (Å²) >= 11 is 0. The second-order valence-corrected chi connectivity index (χ2v) is 5.14. The summed E-state index contributed by atoms with van der Waals surface area (Å²) in [6, 6.07) is 9.67. The second kappa shape index (κ2) is 4.46. The standard InChI is InChI=1S/C15H16O4/c1-18-14(17)11-9-13-12(16)7-8-15(11,19-13)10-5-3-2-4-6-10/h2-6,11,13H,7-9H2,1H3/t11-,13+,15+/m0/s1. The van der Waals surface area contributed by atoms with E-state index in [-0.39, 0.29) is 11.8 Å². The van der Waals surface area contributed by atoms with E-state index in [2.05, 4.69) is 0 Å². The molecule has 0 aromatic heterocycles. The lowest BCUT2D eigenvalue weighted by molar-refractivity contribution is -0.162. The maximum Gasteiger partial charge on any atom is 0.312 e. The Morgan fingerprint density at radius 1 is 1.37 bits per heavy atom. The number of carbonyl (C=O) groups excluding carboxylic acids is 2. The molecule has 0 amide bonds. The van der Waals surface area contributed by atoms with Crippen LogP contribution >= 0.6 is 0 Å².